The average Bonchev–Trinajstić information content (AvgIpc) is 2.46. The highest BCUT2D eigenvalue weighted by atomic mass is 16.5. The van der Waals surface area contributed by atoms with E-state index < -0.39 is 0 Å². The predicted octanol–water partition coefficient (Wildman–Crippen LogP) is 3.08. The number of rotatable bonds is 7. The van der Waals surface area contributed by atoms with Crippen LogP contribution in [0.4, 0.5) is 0 Å². The minimum atomic E-state index is 0.785. The number of ether oxygens (including phenoxy) is 1. The maximum absolute atomic E-state index is 5.36. The van der Waals surface area contributed by atoms with Crippen LogP contribution in [0.1, 0.15) is 45.4 Å². The Morgan fingerprint density at radius 2 is 1.95 bits per heavy atom. The van der Waals surface area contributed by atoms with Crippen LogP contribution >= 0.6 is 0 Å². The standard InChI is InChI=1S/C16H30N2O/c1-2-3-4-5-9-17-11-7-16(8-12-17)14-18-10-6-13-19-15-18/h6,13,16H,2-5,7-12,14-15H2,1H3. The Morgan fingerprint density at radius 3 is 2.63 bits per heavy atom. The summed E-state index contributed by atoms with van der Waals surface area (Å²) in [6.45, 7) is 9.29. The predicted molar refractivity (Wildman–Crippen MR) is 80.0 cm³/mol. The van der Waals surface area contributed by atoms with Crippen molar-refractivity contribution in [1.29, 1.82) is 0 Å². The van der Waals surface area contributed by atoms with Crippen molar-refractivity contribution in [2.45, 2.75) is 45.4 Å². The molecule has 110 valence electrons. The van der Waals surface area contributed by atoms with E-state index in [4.69, 9.17) is 4.74 Å². The lowest BCUT2D eigenvalue weighted by Crippen LogP contribution is -2.40. The molecule has 0 saturated carbocycles. The molecule has 0 aromatic heterocycles. The van der Waals surface area contributed by atoms with E-state index in [9.17, 15) is 0 Å². The summed E-state index contributed by atoms with van der Waals surface area (Å²) in [5.74, 6) is 0.877. The molecule has 19 heavy (non-hydrogen) atoms. The Morgan fingerprint density at radius 1 is 1.11 bits per heavy atom. The molecule has 3 heteroatoms. The third kappa shape index (κ3) is 5.53. The normalized spacial score (nSPS) is 22.6. The topological polar surface area (TPSA) is 15.7 Å². The minimum Gasteiger partial charge on any atom is -0.486 e. The molecule has 0 bridgehead atoms. The van der Waals surface area contributed by atoms with Crippen LogP contribution in [0, 0.1) is 5.92 Å². The minimum absolute atomic E-state index is 0.785. The Hall–Kier alpha value is -0.540. The van der Waals surface area contributed by atoms with E-state index in [0.29, 0.717) is 0 Å². The van der Waals surface area contributed by atoms with Crippen molar-refractivity contribution >= 4 is 0 Å². The number of hydrogen-bond donors (Lipinski definition) is 0. The summed E-state index contributed by atoms with van der Waals surface area (Å²) in [6.07, 6.45) is 12.2. The first-order valence-corrected chi connectivity index (χ1v) is 8.10. The lowest BCUT2D eigenvalue weighted by atomic mass is 9.96. The maximum atomic E-state index is 5.36. The summed E-state index contributed by atoms with van der Waals surface area (Å²) < 4.78 is 5.36. The van der Waals surface area contributed by atoms with E-state index in [2.05, 4.69) is 22.8 Å². The second-order valence-electron chi connectivity index (χ2n) is 6.05. The van der Waals surface area contributed by atoms with E-state index in [-0.39, 0.29) is 0 Å². The Bertz CT molecular complexity index is 259. The van der Waals surface area contributed by atoms with Crippen molar-refractivity contribution in [3.8, 4) is 0 Å². The fraction of sp³-hybridized carbons (Fsp3) is 0.875. The van der Waals surface area contributed by atoms with Crippen LogP contribution in [0.5, 0.6) is 0 Å². The fourth-order valence-electron chi connectivity index (χ4n) is 3.11. The van der Waals surface area contributed by atoms with Crippen molar-refractivity contribution in [3.05, 3.63) is 12.3 Å². The summed E-state index contributed by atoms with van der Waals surface area (Å²) in [4.78, 5) is 5.08. The summed E-state index contributed by atoms with van der Waals surface area (Å²) in [5.41, 5.74) is 0. The second-order valence-corrected chi connectivity index (χ2v) is 6.05. The molecule has 0 amide bonds. The third-order valence-corrected chi connectivity index (χ3v) is 4.36. The van der Waals surface area contributed by atoms with Gasteiger partial charge in [0.2, 0.25) is 0 Å². The van der Waals surface area contributed by atoms with E-state index >= 15 is 0 Å². The van der Waals surface area contributed by atoms with Crippen LogP contribution in [0.25, 0.3) is 0 Å². The number of likely N-dealkylation sites (tertiary alicyclic amines) is 1. The second kappa shape index (κ2) is 8.60. The number of nitrogens with zero attached hydrogens (tertiary/aromatic N) is 2. The zero-order valence-electron chi connectivity index (χ0n) is 12.5. The maximum Gasteiger partial charge on any atom is 0.141 e. The van der Waals surface area contributed by atoms with Gasteiger partial charge < -0.3 is 9.64 Å². The highest BCUT2D eigenvalue weighted by Gasteiger charge is 2.21. The molecule has 3 nitrogen and oxygen atoms in total. The van der Waals surface area contributed by atoms with Crippen LogP contribution in [-0.2, 0) is 4.74 Å². The first-order chi connectivity index (χ1) is 9.38. The monoisotopic (exact) mass is 266 g/mol. The Kier molecular flexibility index (Phi) is 6.72. The van der Waals surface area contributed by atoms with Gasteiger partial charge in [0, 0.05) is 13.1 Å². The molecule has 1 saturated heterocycles. The highest BCUT2D eigenvalue weighted by molar-refractivity contribution is 4.83. The van der Waals surface area contributed by atoms with Gasteiger partial charge in [-0.15, -0.1) is 0 Å². The summed E-state index contributed by atoms with van der Waals surface area (Å²) in [6, 6.07) is 0. The fourth-order valence-corrected chi connectivity index (χ4v) is 3.11. The van der Waals surface area contributed by atoms with Crippen molar-refractivity contribution in [3.63, 3.8) is 0 Å². The molecule has 2 rings (SSSR count). The molecule has 0 aliphatic carbocycles. The van der Waals surface area contributed by atoms with Gasteiger partial charge in [-0.05, 0) is 50.9 Å². The molecule has 0 radical (unpaired) electrons. The molecule has 1 fully saturated rings. The quantitative estimate of drug-likeness (QED) is 0.659. The van der Waals surface area contributed by atoms with Gasteiger partial charge in [-0.2, -0.15) is 0 Å². The van der Waals surface area contributed by atoms with Gasteiger partial charge in [0.25, 0.3) is 0 Å². The zero-order valence-corrected chi connectivity index (χ0v) is 12.5. The van der Waals surface area contributed by atoms with Crippen molar-refractivity contribution in [1.82, 2.24) is 9.80 Å². The lowest BCUT2D eigenvalue weighted by Gasteiger charge is -2.35. The molecule has 0 spiro atoms. The summed E-state index contributed by atoms with van der Waals surface area (Å²) >= 11 is 0. The van der Waals surface area contributed by atoms with Gasteiger partial charge in [-0.25, -0.2) is 0 Å². The van der Waals surface area contributed by atoms with Gasteiger partial charge in [-0.3, -0.25) is 4.90 Å². The van der Waals surface area contributed by atoms with Gasteiger partial charge in [-0.1, -0.05) is 26.2 Å². The molecule has 2 heterocycles. The molecular formula is C16H30N2O. The number of unbranched alkanes of at least 4 members (excludes halogenated alkanes) is 3. The number of hydrogen-bond acceptors (Lipinski definition) is 3. The van der Waals surface area contributed by atoms with Crippen LogP contribution in [0.2, 0.25) is 0 Å². The third-order valence-electron chi connectivity index (χ3n) is 4.36. The molecule has 0 unspecified atom stereocenters. The van der Waals surface area contributed by atoms with Gasteiger partial charge in [0.05, 0.1) is 6.26 Å². The van der Waals surface area contributed by atoms with Crippen LogP contribution < -0.4 is 0 Å². The molecule has 0 atom stereocenters. The SMILES string of the molecule is CCCCCCN1CCC(CN2CC=COC2)CC1. The van der Waals surface area contributed by atoms with E-state index in [1.807, 2.05) is 6.26 Å². The Balaban J connectivity index is 1.55. The van der Waals surface area contributed by atoms with Gasteiger partial charge in [0.1, 0.15) is 6.73 Å². The van der Waals surface area contributed by atoms with Crippen molar-refractivity contribution < 1.29 is 4.74 Å². The number of piperidine rings is 1. The van der Waals surface area contributed by atoms with Gasteiger partial charge >= 0.3 is 0 Å². The van der Waals surface area contributed by atoms with Crippen LogP contribution in [0.3, 0.4) is 0 Å². The molecule has 0 aromatic carbocycles. The summed E-state index contributed by atoms with van der Waals surface area (Å²) in [7, 11) is 0. The van der Waals surface area contributed by atoms with Crippen LogP contribution in [-0.4, -0.2) is 49.3 Å². The lowest BCUT2D eigenvalue weighted by molar-refractivity contribution is 0.0569. The van der Waals surface area contributed by atoms with E-state index in [0.717, 1.165) is 19.2 Å². The molecule has 0 aromatic rings. The van der Waals surface area contributed by atoms with Gasteiger partial charge in [0.15, 0.2) is 0 Å². The molecule has 0 N–H and O–H groups in total. The van der Waals surface area contributed by atoms with Crippen LogP contribution in [0.15, 0.2) is 12.3 Å². The molecule has 2 aliphatic heterocycles. The molecule has 2 aliphatic rings. The first kappa shape index (κ1) is 14.9. The highest BCUT2D eigenvalue weighted by Crippen LogP contribution is 2.19. The first-order valence-electron chi connectivity index (χ1n) is 8.10. The average molecular weight is 266 g/mol. The zero-order chi connectivity index (χ0) is 13.3. The van der Waals surface area contributed by atoms with Crippen molar-refractivity contribution in [2.24, 2.45) is 5.92 Å². The summed E-state index contributed by atoms with van der Waals surface area (Å²) in [5, 5.41) is 0. The van der Waals surface area contributed by atoms with E-state index in [1.165, 1.54) is 64.7 Å². The Labute approximate surface area is 118 Å². The smallest absolute Gasteiger partial charge is 0.141 e. The van der Waals surface area contributed by atoms with E-state index in [1.54, 1.807) is 0 Å². The molecular weight excluding hydrogens is 236 g/mol. The van der Waals surface area contributed by atoms with Crippen molar-refractivity contribution in [2.75, 3.05) is 39.5 Å². The largest absolute Gasteiger partial charge is 0.486 e.